The van der Waals surface area contributed by atoms with Gasteiger partial charge in [-0.15, -0.1) is 0 Å². The summed E-state index contributed by atoms with van der Waals surface area (Å²) < 4.78 is 0. The Morgan fingerprint density at radius 3 is 3.16 bits per heavy atom. The second kappa shape index (κ2) is 6.52. The highest BCUT2D eigenvalue weighted by molar-refractivity contribution is 5.73. The minimum Gasteiger partial charge on any atom is -0.354 e. The fourth-order valence-corrected chi connectivity index (χ4v) is 2.47. The van der Waals surface area contributed by atoms with E-state index in [9.17, 15) is 4.79 Å². The van der Waals surface area contributed by atoms with Crippen LogP contribution in [0.4, 0.5) is 5.82 Å². The molecule has 19 heavy (non-hydrogen) atoms. The Hall–Kier alpha value is -1.62. The van der Waals surface area contributed by atoms with Crippen molar-refractivity contribution in [3.8, 4) is 0 Å². The van der Waals surface area contributed by atoms with Gasteiger partial charge in [-0.25, -0.2) is 4.98 Å². The van der Waals surface area contributed by atoms with Crippen LogP contribution >= 0.6 is 0 Å². The van der Waals surface area contributed by atoms with Crippen molar-refractivity contribution in [1.29, 1.82) is 0 Å². The topological polar surface area (TPSA) is 57.3 Å². The first-order valence-electron chi connectivity index (χ1n) is 6.87. The van der Waals surface area contributed by atoms with Crippen molar-refractivity contribution in [3.63, 3.8) is 0 Å². The van der Waals surface area contributed by atoms with Crippen LogP contribution in [0.25, 0.3) is 0 Å². The zero-order valence-electron chi connectivity index (χ0n) is 11.6. The number of anilines is 1. The number of nitrogens with one attached hydrogen (secondary N) is 2. The largest absolute Gasteiger partial charge is 0.354 e. The predicted molar refractivity (Wildman–Crippen MR) is 76.1 cm³/mol. The van der Waals surface area contributed by atoms with Gasteiger partial charge in [-0.1, -0.05) is 13.0 Å². The zero-order valence-corrected chi connectivity index (χ0v) is 11.6. The normalized spacial score (nSPS) is 18.6. The summed E-state index contributed by atoms with van der Waals surface area (Å²) in [5, 5.41) is 6.32. The van der Waals surface area contributed by atoms with Crippen LogP contribution in [0.1, 0.15) is 25.8 Å². The molecule has 1 fully saturated rings. The molecule has 1 atom stereocenters. The lowest BCUT2D eigenvalue weighted by molar-refractivity contribution is -0.119. The van der Waals surface area contributed by atoms with Gasteiger partial charge in [0.05, 0.1) is 0 Å². The van der Waals surface area contributed by atoms with Gasteiger partial charge < -0.3 is 15.5 Å². The van der Waals surface area contributed by atoms with E-state index >= 15 is 0 Å². The molecule has 0 aromatic carbocycles. The minimum atomic E-state index is 0.0424. The standard InChI is InChI=1S/C14H22N4O/c1-3-15-9-12-5-4-7-16-14(12)18-8-6-13(10-18)17-11(2)19/h4-5,7,13,15H,3,6,8-10H2,1-2H3,(H,17,19). The lowest BCUT2D eigenvalue weighted by Crippen LogP contribution is -2.36. The fraction of sp³-hybridized carbons (Fsp3) is 0.571. The van der Waals surface area contributed by atoms with E-state index in [4.69, 9.17) is 0 Å². The molecule has 1 aliphatic rings. The first-order chi connectivity index (χ1) is 9.20. The lowest BCUT2D eigenvalue weighted by atomic mass is 10.2. The summed E-state index contributed by atoms with van der Waals surface area (Å²) in [6.07, 6.45) is 2.81. The van der Waals surface area contributed by atoms with Gasteiger partial charge in [-0.2, -0.15) is 0 Å². The van der Waals surface area contributed by atoms with Crippen LogP contribution < -0.4 is 15.5 Å². The van der Waals surface area contributed by atoms with Crippen LogP contribution in [0.5, 0.6) is 0 Å². The Bertz CT molecular complexity index is 435. The molecule has 2 heterocycles. The molecule has 0 saturated carbocycles. The molecular weight excluding hydrogens is 240 g/mol. The van der Waals surface area contributed by atoms with Gasteiger partial charge in [-0.05, 0) is 19.0 Å². The molecule has 0 bridgehead atoms. The molecule has 2 N–H and O–H groups in total. The van der Waals surface area contributed by atoms with Crippen molar-refractivity contribution >= 4 is 11.7 Å². The summed E-state index contributed by atoms with van der Waals surface area (Å²) >= 11 is 0. The van der Waals surface area contributed by atoms with Crippen LogP contribution in [0.3, 0.4) is 0 Å². The molecule has 0 radical (unpaired) electrons. The first kappa shape index (κ1) is 13.8. The molecule has 0 spiro atoms. The van der Waals surface area contributed by atoms with Gasteiger partial charge in [0.1, 0.15) is 5.82 Å². The maximum absolute atomic E-state index is 11.1. The van der Waals surface area contributed by atoms with E-state index in [1.807, 2.05) is 12.3 Å². The molecule has 104 valence electrons. The maximum Gasteiger partial charge on any atom is 0.217 e. The van der Waals surface area contributed by atoms with Gasteiger partial charge in [0.15, 0.2) is 0 Å². The summed E-state index contributed by atoms with van der Waals surface area (Å²) in [4.78, 5) is 17.9. The monoisotopic (exact) mass is 262 g/mol. The van der Waals surface area contributed by atoms with E-state index in [0.29, 0.717) is 0 Å². The molecule has 1 unspecified atom stereocenters. The maximum atomic E-state index is 11.1. The lowest BCUT2D eigenvalue weighted by Gasteiger charge is -2.21. The molecule has 0 aliphatic carbocycles. The highest BCUT2D eigenvalue weighted by atomic mass is 16.1. The molecular formula is C14H22N4O. The third-order valence-corrected chi connectivity index (χ3v) is 3.33. The molecule has 1 amide bonds. The number of pyridine rings is 1. The number of hydrogen-bond acceptors (Lipinski definition) is 4. The van der Waals surface area contributed by atoms with E-state index in [-0.39, 0.29) is 11.9 Å². The third-order valence-electron chi connectivity index (χ3n) is 3.33. The van der Waals surface area contributed by atoms with Gasteiger partial charge in [0.2, 0.25) is 5.91 Å². The summed E-state index contributed by atoms with van der Waals surface area (Å²) in [5.41, 5.74) is 1.22. The molecule has 1 aromatic heterocycles. The highest BCUT2D eigenvalue weighted by Gasteiger charge is 2.25. The van der Waals surface area contributed by atoms with Crippen LogP contribution in [0.15, 0.2) is 18.3 Å². The van der Waals surface area contributed by atoms with E-state index in [1.165, 1.54) is 5.56 Å². The van der Waals surface area contributed by atoms with Crippen LogP contribution in [0, 0.1) is 0 Å². The van der Waals surface area contributed by atoms with Crippen molar-refractivity contribution < 1.29 is 4.79 Å². The van der Waals surface area contributed by atoms with Crippen molar-refractivity contribution in [2.45, 2.75) is 32.9 Å². The Morgan fingerprint density at radius 2 is 2.42 bits per heavy atom. The number of rotatable bonds is 5. The SMILES string of the molecule is CCNCc1cccnc1N1CCC(NC(C)=O)C1. The number of carbonyl (C=O) groups is 1. The number of aromatic nitrogens is 1. The smallest absolute Gasteiger partial charge is 0.217 e. The van der Waals surface area contributed by atoms with Crippen LogP contribution in [-0.2, 0) is 11.3 Å². The molecule has 1 aromatic rings. The van der Waals surface area contributed by atoms with E-state index < -0.39 is 0 Å². The molecule has 5 nitrogen and oxygen atoms in total. The quantitative estimate of drug-likeness (QED) is 0.828. The number of carbonyl (C=O) groups excluding carboxylic acids is 1. The molecule has 2 rings (SSSR count). The van der Waals surface area contributed by atoms with Crippen molar-refractivity contribution in [2.75, 3.05) is 24.5 Å². The second-order valence-corrected chi connectivity index (χ2v) is 4.90. The second-order valence-electron chi connectivity index (χ2n) is 4.90. The van der Waals surface area contributed by atoms with Crippen molar-refractivity contribution in [3.05, 3.63) is 23.9 Å². The summed E-state index contributed by atoms with van der Waals surface area (Å²) in [6, 6.07) is 4.32. The predicted octanol–water partition coefficient (Wildman–Crippen LogP) is 0.906. The van der Waals surface area contributed by atoms with Crippen LogP contribution in [0.2, 0.25) is 0 Å². The summed E-state index contributed by atoms with van der Waals surface area (Å²) in [5.74, 6) is 1.08. The van der Waals surface area contributed by atoms with Gasteiger partial charge >= 0.3 is 0 Å². The zero-order chi connectivity index (χ0) is 13.7. The number of amides is 1. The number of nitrogens with zero attached hydrogens (tertiary/aromatic N) is 2. The Labute approximate surface area is 114 Å². The van der Waals surface area contributed by atoms with Gasteiger partial charge in [0, 0.05) is 44.4 Å². The Balaban J connectivity index is 2.04. The molecule has 5 heteroatoms. The summed E-state index contributed by atoms with van der Waals surface area (Å²) in [7, 11) is 0. The first-order valence-corrected chi connectivity index (χ1v) is 6.87. The average Bonchev–Trinajstić information content (AvgIpc) is 2.84. The highest BCUT2D eigenvalue weighted by Crippen LogP contribution is 2.22. The Kier molecular flexibility index (Phi) is 4.74. The Morgan fingerprint density at radius 1 is 1.58 bits per heavy atom. The van der Waals surface area contributed by atoms with E-state index in [0.717, 1.165) is 38.4 Å². The average molecular weight is 262 g/mol. The molecule has 1 saturated heterocycles. The van der Waals surface area contributed by atoms with E-state index in [2.05, 4.69) is 33.5 Å². The number of hydrogen-bond donors (Lipinski definition) is 2. The summed E-state index contributed by atoms with van der Waals surface area (Å²) in [6.45, 7) is 7.24. The molecule has 1 aliphatic heterocycles. The van der Waals surface area contributed by atoms with Crippen LogP contribution in [-0.4, -0.2) is 36.6 Å². The van der Waals surface area contributed by atoms with Gasteiger partial charge in [0.25, 0.3) is 0 Å². The minimum absolute atomic E-state index is 0.0424. The van der Waals surface area contributed by atoms with E-state index in [1.54, 1.807) is 6.92 Å². The van der Waals surface area contributed by atoms with Gasteiger partial charge in [-0.3, -0.25) is 4.79 Å². The third kappa shape index (κ3) is 3.67. The van der Waals surface area contributed by atoms with Crippen molar-refractivity contribution in [1.82, 2.24) is 15.6 Å². The van der Waals surface area contributed by atoms with Crippen molar-refractivity contribution in [2.24, 2.45) is 0 Å². The fourth-order valence-electron chi connectivity index (χ4n) is 2.47.